The number of hydrogen-bond donors (Lipinski definition) is 1. The second kappa shape index (κ2) is 10.0. The van der Waals surface area contributed by atoms with Crippen molar-refractivity contribution in [3.05, 3.63) is 23.0 Å². The minimum Gasteiger partial charge on any atom is -0.468 e. The Bertz CT molecular complexity index is 625. The highest BCUT2D eigenvalue weighted by Crippen LogP contribution is 2.36. The number of methoxy groups -OCH3 is 1. The molecule has 0 aromatic heterocycles. The van der Waals surface area contributed by atoms with Crippen molar-refractivity contribution in [3.8, 4) is 0 Å². The van der Waals surface area contributed by atoms with Crippen molar-refractivity contribution < 1.29 is 18.7 Å². The van der Waals surface area contributed by atoms with Gasteiger partial charge in [-0.15, -0.1) is 11.8 Å². The quantitative estimate of drug-likeness (QED) is 0.493. The first kappa shape index (κ1) is 21.8. The zero-order chi connectivity index (χ0) is 19.1. The molecular formula is C18H25ClFNO3S. The summed E-state index contributed by atoms with van der Waals surface area (Å²) < 4.78 is 19.0. The molecule has 0 saturated carbocycles. The van der Waals surface area contributed by atoms with E-state index in [4.69, 9.17) is 16.3 Å². The molecule has 4 nitrogen and oxygen atoms in total. The van der Waals surface area contributed by atoms with Crippen LogP contribution in [0, 0.1) is 17.7 Å². The molecule has 0 radical (unpaired) electrons. The molecule has 0 bridgehead atoms. The largest absolute Gasteiger partial charge is 0.468 e. The normalized spacial score (nSPS) is 13.4. The third-order valence-corrected chi connectivity index (χ3v) is 5.71. The number of esters is 1. The molecule has 2 atom stereocenters. The summed E-state index contributed by atoms with van der Waals surface area (Å²) in [6.45, 7) is 7.60. The third-order valence-electron chi connectivity index (χ3n) is 3.98. The maximum atomic E-state index is 14.2. The summed E-state index contributed by atoms with van der Waals surface area (Å²) in [7, 11) is 1.33. The van der Waals surface area contributed by atoms with E-state index in [0.29, 0.717) is 11.3 Å². The van der Waals surface area contributed by atoms with Crippen LogP contribution in [0.25, 0.3) is 0 Å². The maximum absolute atomic E-state index is 14.2. The van der Waals surface area contributed by atoms with Crippen molar-refractivity contribution in [1.29, 1.82) is 0 Å². The lowest BCUT2D eigenvalue weighted by Crippen LogP contribution is -2.24. The van der Waals surface area contributed by atoms with Crippen molar-refractivity contribution in [3.63, 3.8) is 0 Å². The predicted molar refractivity (Wildman–Crippen MR) is 101 cm³/mol. The van der Waals surface area contributed by atoms with Crippen LogP contribution in [0.4, 0.5) is 10.1 Å². The van der Waals surface area contributed by atoms with E-state index in [2.05, 4.69) is 5.32 Å². The minimum atomic E-state index is -0.608. The smallest absolute Gasteiger partial charge is 0.319 e. The van der Waals surface area contributed by atoms with E-state index in [1.807, 2.05) is 20.8 Å². The molecule has 7 heteroatoms. The number of amides is 1. The predicted octanol–water partition coefficient (Wildman–Crippen LogP) is 5.14. The molecule has 140 valence electrons. The van der Waals surface area contributed by atoms with Gasteiger partial charge in [-0.3, -0.25) is 9.59 Å². The first-order valence-corrected chi connectivity index (χ1v) is 9.51. The minimum absolute atomic E-state index is 0.0597. The molecule has 0 heterocycles. The molecule has 1 aromatic rings. The maximum Gasteiger partial charge on any atom is 0.319 e. The Labute approximate surface area is 157 Å². The third kappa shape index (κ3) is 6.19. The van der Waals surface area contributed by atoms with Crippen LogP contribution in [0.1, 0.15) is 40.5 Å². The lowest BCUT2D eigenvalue weighted by Gasteiger charge is -2.18. The summed E-state index contributed by atoms with van der Waals surface area (Å²) in [4.78, 5) is 24.6. The molecule has 1 rings (SSSR count). The average molecular weight is 390 g/mol. The Hall–Kier alpha value is -1.27. The fourth-order valence-corrected chi connectivity index (χ4v) is 3.53. The molecule has 0 spiro atoms. The van der Waals surface area contributed by atoms with E-state index in [1.165, 1.54) is 24.9 Å². The van der Waals surface area contributed by atoms with Gasteiger partial charge in [0.15, 0.2) is 0 Å². The van der Waals surface area contributed by atoms with Gasteiger partial charge in [-0.25, -0.2) is 4.39 Å². The number of nitrogens with one attached hydrogen (secondary N) is 1. The topological polar surface area (TPSA) is 55.4 Å². The lowest BCUT2D eigenvalue weighted by atomic mass is 9.97. The summed E-state index contributed by atoms with van der Waals surface area (Å²) in [5.74, 6) is -1.34. The van der Waals surface area contributed by atoms with E-state index >= 15 is 0 Å². The van der Waals surface area contributed by atoms with Gasteiger partial charge in [-0.1, -0.05) is 45.7 Å². The zero-order valence-corrected chi connectivity index (χ0v) is 16.8. The Morgan fingerprint density at radius 3 is 2.48 bits per heavy atom. The van der Waals surface area contributed by atoms with Gasteiger partial charge in [0, 0.05) is 10.8 Å². The number of anilines is 1. The average Bonchev–Trinajstić information content (AvgIpc) is 2.56. The molecule has 1 amide bonds. The van der Waals surface area contributed by atoms with Crippen LogP contribution in [0.3, 0.4) is 0 Å². The Morgan fingerprint density at radius 1 is 1.32 bits per heavy atom. The van der Waals surface area contributed by atoms with Crippen molar-refractivity contribution >= 4 is 40.9 Å². The molecule has 1 N–H and O–H groups in total. The Kier molecular flexibility index (Phi) is 8.73. The summed E-state index contributed by atoms with van der Waals surface area (Å²) in [5.41, 5.74) is 0.0597. The number of thioether (sulfide) groups is 1. The number of carbonyl (C=O) groups is 2. The fraction of sp³-hybridized carbons (Fsp3) is 0.556. The van der Waals surface area contributed by atoms with Gasteiger partial charge in [-0.2, -0.15) is 0 Å². The molecule has 2 unspecified atom stereocenters. The van der Waals surface area contributed by atoms with E-state index in [1.54, 1.807) is 6.92 Å². The Balaban J connectivity index is 3.06. The number of ether oxygens (including phenoxy) is 1. The molecular weight excluding hydrogens is 365 g/mol. The van der Waals surface area contributed by atoms with Crippen molar-refractivity contribution in [1.82, 2.24) is 0 Å². The van der Waals surface area contributed by atoms with Gasteiger partial charge in [0.1, 0.15) is 11.1 Å². The van der Waals surface area contributed by atoms with Crippen LogP contribution in [0.15, 0.2) is 17.0 Å². The second-order valence-electron chi connectivity index (χ2n) is 6.20. The van der Waals surface area contributed by atoms with E-state index in [9.17, 15) is 14.0 Å². The molecule has 0 aliphatic rings. The van der Waals surface area contributed by atoms with Crippen molar-refractivity contribution in [2.24, 2.45) is 11.8 Å². The fourth-order valence-electron chi connectivity index (χ4n) is 2.04. The zero-order valence-electron chi connectivity index (χ0n) is 15.2. The van der Waals surface area contributed by atoms with Crippen LogP contribution in [0.2, 0.25) is 5.02 Å². The number of halogens is 2. The van der Waals surface area contributed by atoms with Crippen LogP contribution >= 0.6 is 23.4 Å². The molecule has 25 heavy (non-hydrogen) atoms. The molecule has 0 fully saturated rings. The van der Waals surface area contributed by atoms with Crippen molar-refractivity contribution in [2.75, 3.05) is 12.4 Å². The Morgan fingerprint density at radius 2 is 1.96 bits per heavy atom. The van der Waals surface area contributed by atoms with E-state index < -0.39 is 11.1 Å². The monoisotopic (exact) mass is 389 g/mol. The summed E-state index contributed by atoms with van der Waals surface area (Å²) >= 11 is 7.33. The summed E-state index contributed by atoms with van der Waals surface area (Å²) in [6.07, 6.45) is 1.40. The van der Waals surface area contributed by atoms with Gasteiger partial charge in [0.05, 0.1) is 17.8 Å². The lowest BCUT2D eigenvalue weighted by molar-refractivity contribution is -0.140. The van der Waals surface area contributed by atoms with Gasteiger partial charge < -0.3 is 10.1 Å². The first-order valence-electron chi connectivity index (χ1n) is 8.25. The SMILES string of the molecule is CCCC(Sc1cc(NC(=O)C(C)C(C)C)c(F)cc1Cl)C(=O)OC. The first-order chi connectivity index (χ1) is 11.7. The molecule has 0 aliphatic heterocycles. The summed E-state index contributed by atoms with van der Waals surface area (Å²) in [6, 6.07) is 2.62. The number of hydrogen-bond acceptors (Lipinski definition) is 4. The van der Waals surface area contributed by atoms with Crippen LogP contribution in [-0.2, 0) is 14.3 Å². The van der Waals surface area contributed by atoms with Crippen LogP contribution < -0.4 is 5.32 Å². The number of rotatable bonds is 8. The standard InChI is InChI=1S/C18H25ClFNO3S/c1-6-7-15(18(23)24-5)25-16-9-14(13(20)8-12(16)19)21-17(22)11(4)10(2)3/h8-11,15H,6-7H2,1-5H3,(H,21,22). The van der Waals surface area contributed by atoms with Gasteiger partial charge in [0.2, 0.25) is 5.91 Å². The second-order valence-corrected chi connectivity index (χ2v) is 7.85. The summed E-state index contributed by atoms with van der Waals surface area (Å²) in [5, 5.41) is 2.37. The molecule has 0 saturated heterocycles. The number of carbonyl (C=O) groups excluding carboxylic acids is 2. The van der Waals surface area contributed by atoms with Crippen molar-refractivity contribution in [2.45, 2.75) is 50.7 Å². The molecule has 0 aliphatic carbocycles. The highest BCUT2D eigenvalue weighted by Gasteiger charge is 2.23. The van der Waals surface area contributed by atoms with Gasteiger partial charge >= 0.3 is 5.97 Å². The molecule has 1 aromatic carbocycles. The van der Waals surface area contributed by atoms with Crippen LogP contribution in [-0.4, -0.2) is 24.2 Å². The van der Waals surface area contributed by atoms with Crippen LogP contribution in [0.5, 0.6) is 0 Å². The van der Waals surface area contributed by atoms with Gasteiger partial charge in [-0.05, 0) is 24.5 Å². The highest BCUT2D eigenvalue weighted by atomic mass is 35.5. The van der Waals surface area contributed by atoms with E-state index in [-0.39, 0.29) is 34.4 Å². The highest BCUT2D eigenvalue weighted by molar-refractivity contribution is 8.00. The van der Waals surface area contributed by atoms with Gasteiger partial charge in [0.25, 0.3) is 0 Å². The number of benzene rings is 1. The van der Waals surface area contributed by atoms with E-state index in [0.717, 1.165) is 12.5 Å².